The van der Waals surface area contributed by atoms with Gasteiger partial charge in [0, 0.05) is 49.3 Å². The van der Waals surface area contributed by atoms with Gasteiger partial charge in [0.05, 0.1) is 0 Å². The first-order chi connectivity index (χ1) is 10.3. The highest BCUT2D eigenvalue weighted by Gasteiger charge is 2.18. The molecule has 0 bridgehead atoms. The lowest BCUT2D eigenvalue weighted by atomic mass is 10.2. The van der Waals surface area contributed by atoms with Gasteiger partial charge in [-0.2, -0.15) is 0 Å². The fourth-order valence-corrected chi connectivity index (χ4v) is 3.11. The van der Waals surface area contributed by atoms with Gasteiger partial charge in [0.25, 0.3) is 0 Å². The molecular formula is C18H21BrN2. The van der Waals surface area contributed by atoms with E-state index in [9.17, 15) is 0 Å². The smallest absolute Gasteiger partial charge is 0.0303 e. The summed E-state index contributed by atoms with van der Waals surface area (Å²) in [5, 5.41) is 0. The molecule has 1 aromatic carbocycles. The van der Waals surface area contributed by atoms with Crippen LogP contribution in [0.1, 0.15) is 12.0 Å². The molecule has 21 heavy (non-hydrogen) atoms. The molecule has 3 rings (SSSR count). The Labute approximate surface area is 135 Å². The number of piperazine rings is 1. The van der Waals surface area contributed by atoms with E-state index in [1.807, 2.05) is 0 Å². The van der Waals surface area contributed by atoms with Gasteiger partial charge >= 0.3 is 0 Å². The van der Waals surface area contributed by atoms with Gasteiger partial charge < -0.3 is 4.90 Å². The van der Waals surface area contributed by atoms with Crippen molar-refractivity contribution in [2.45, 2.75) is 13.0 Å². The summed E-state index contributed by atoms with van der Waals surface area (Å²) < 4.78 is 1.15. The lowest BCUT2D eigenvalue weighted by Gasteiger charge is -2.37. The number of hydrogen-bond donors (Lipinski definition) is 0. The van der Waals surface area contributed by atoms with Gasteiger partial charge in [-0.1, -0.05) is 52.4 Å². The number of rotatable bonds is 3. The molecule has 0 saturated carbocycles. The van der Waals surface area contributed by atoms with Crippen LogP contribution in [0.2, 0.25) is 0 Å². The molecule has 0 amide bonds. The molecule has 1 saturated heterocycles. The molecule has 0 unspecified atom stereocenters. The van der Waals surface area contributed by atoms with Gasteiger partial charge in [-0.25, -0.2) is 0 Å². The molecule has 1 heterocycles. The lowest BCUT2D eigenvalue weighted by molar-refractivity contribution is 0.151. The first-order valence-electron chi connectivity index (χ1n) is 7.55. The minimum Gasteiger partial charge on any atom is -0.372 e. The lowest BCUT2D eigenvalue weighted by Crippen LogP contribution is -2.45. The summed E-state index contributed by atoms with van der Waals surface area (Å²) >= 11 is 3.49. The highest BCUT2D eigenvalue weighted by Crippen LogP contribution is 2.17. The molecule has 2 aliphatic rings. The van der Waals surface area contributed by atoms with Gasteiger partial charge in [-0.15, -0.1) is 0 Å². The van der Waals surface area contributed by atoms with Crippen molar-refractivity contribution in [2.24, 2.45) is 0 Å². The van der Waals surface area contributed by atoms with Crippen molar-refractivity contribution in [3.05, 3.63) is 70.4 Å². The average molecular weight is 345 g/mol. The largest absolute Gasteiger partial charge is 0.372 e. The molecule has 0 spiro atoms. The Morgan fingerprint density at radius 3 is 2.43 bits per heavy atom. The summed E-state index contributed by atoms with van der Waals surface area (Å²) in [5.41, 5.74) is 2.84. The summed E-state index contributed by atoms with van der Waals surface area (Å²) in [7, 11) is 0. The molecule has 3 heteroatoms. The minimum atomic E-state index is 1.06. The van der Waals surface area contributed by atoms with Gasteiger partial charge in [-0.05, 0) is 23.8 Å². The van der Waals surface area contributed by atoms with E-state index in [0.717, 1.165) is 43.6 Å². The molecular weight excluding hydrogens is 324 g/mol. The van der Waals surface area contributed by atoms with Crippen molar-refractivity contribution in [1.29, 1.82) is 0 Å². The molecule has 110 valence electrons. The van der Waals surface area contributed by atoms with E-state index >= 15 is 0 Å². The second-order valence-electron chi connectivity index (χ2n) is 5.56. The van der Waals surface area contributed by atoms with E-state index in [-0.39, 0.29) is 0 Å². The molecule has 1 aliphatic carbocycles. The maximum Gasteiger partial charge on any atom is 0.0303 e. The number of halogens is 1. The van der Waals surface area contributed by atoms with E-state index in [2.05, 4.69) is 80.4 Å². The number of benzene rings is 1. The third kappa shape index (κ3) is 4.08. The first kappa shape index (κ1) is 14.6. The topological polar surface area (TPSA) is 6.48 Å². The zero-order chi connectivity index (χ0) is 14.5. The van der Waals surface area contributed by atoms with E-state index < -0.39 is 0 Å². The van der Waals surface area contributed by atoms with Crippen LogP contribution in [-0.2, 0) is 6.54 Å². The maximum absolute atomic E-state index is 3.49. The van der Waals surface area contributed by atoms with Crippen molar-refractivity contribution in [3.8, 4) is 0 Å². The van der Waals surface area contributed by atoms with Crippen molar-refractivity contribution in [2.75, 3.05) is 26.2 Å². The monoisotopic (exact) mass is 344 g/mol. The van der Waals surface area contributed by atoms with Crippen LogP contribution in [-0.4, -0.2) is 36.0 Å². The van der Waals surface area contributed by atoms with Crippen LogP contribution in [0, 0.1) is 0 Å². The zero-order valence-corrected chi connectivity index (χ0v) is 13.8. The average Bonchev–Trinajstić information content (AvgIpc) is 2.80. The van der Waals surface area contributed by atoms with Gasteiger partial charge in [0.15, 0.2) is 0 Å². The van der Waals surface area contributed by atoms with Crippen LogP contribution in [0.3, 0.4) is 0 Å². The fourth-order valence-electron chi connectivity index (χ4n) is 2.84. The zero-order valence-electron chi connectivity index (χ0n) is 12.2. The van der Waals surface area contributed by atoms with E-state index in [1.165, 1.54) is 11.3 Å². The van der Waals surface area contributed by atoms with Crippen molar-refractivity contribution < 1.29 is 0 Å². The first-order valence-corrected chi connectivity index (χ1v) is 8.35. The molecule has 1 aromatic rings. The Hall–Kier alpha value is -1.32. The number of hydrogen-bond acceptors (Lipinski definition) is 2. The second-order valence-corrected chi connectivity index (χ2v) is 6.48. The van der Waals surface area contributed by atoms with Crippen molar-refractivity contribution in [1.82, 2.24) is 9.80 Å². The molecule has 0 atom stereocenters. The highest BCUT2D eigenvalue weighted by molar-refractivity contribution is 9.10. The minimum absolute atomic E-state index is 1.06. The van der Waals surface area contributed by atoms with E-state index in [4.69, 9.17) is 0 Å². The predicted molar refractivity (Wildman–Crippen MR) is 92.0 cm³/mol. The summed E-state index contributed by atoms with van der Waals surface area (Å²) in [6.07, 6.45) is 11.9. The van der Waals surface area contributed by atoms with Gasteiger partial charge in [-0.3, -0.25) is 4.90 Å². The van der Waals surface area contributed by atoms with Crippen molar-refractivity contribution >= 4 is 15.9 Å². The van der Waals surface area contributed by atoms with Gasteiger partial charge in [0.1, 0.15) is 0 Å². The van der Waals surface area contributed by atoms with Gasteiger partial charge in [0.2, 0.25) is 0 Å². The molecule has 0 N–H and O–H groups in total. The van der Waals surface area contributed by atoms with Crippen LogP contribution in [0.15, 0.2) is 64.8 Å². The summed E-state index contributed by atoms with van der Waals surface area (Å²) in [6, 6.07) is 8.67. The molecule has 1 fully saturated rings. The summed E-state index contributed by atoms with van der Waals surface area (Å²) in [6.45, 7) is 5.59. The molecule has 1 aliphatic heterocycles. The highest BCUT2D eigenvalue weighted by atomic mass is 79.9. The summed E-state index contributed by atoms with van der Waals surface area (Å²) in [5.74, 6) is 0. The Morgan fingerprint density at radius 1 is 0.905 bits per heavy atom. The normalized spacial score (nSPS) is 19.5. The molecule has 0 aromatic heterocycles. The number of allylic oxidation sites excluding steroid dienone is 5. The molecule has 2 nitrogen and oxygen atoms in total. The fraction of sp³-hybridized carbons (Fsp3) is 0.333. The van der Waals surface area contributed by atoms with Crippen LogP contribution in [0.5, 0.6) is 0 Å². The third-order valence-electron chi connectivity index (χ3n) is 4.07. The Morgan fingerprint density at radius 2 is 1.67 bits per heavy atom. The van der Waals surface area contributed by atoms with Crippen molar-refractivity contribution in [3.63, 3.8) is 0 Å². The number of nitrogens with zero attached hydrogens (tertiary/aromatic N) is 2. The Bertz CT molecular complexity index is 549. The third-order valence-corrected chi connectivity index (χ3v) is 4.60. The Kier molecular flexibility index (Phi) is 4.94. The Balaban J connectivity index is 1.53. The van der Waals surface area contributed by atoms with Crippen LogP contribution in [0.25, 0.3) is 0 Å². The van der Waals surface area contributed by atoms with Crippen LogP contribution in [0.4, 0.5) is 0 Å². The standard InChI is InChI=1S/C18H21BrN2/c19-17-9-7-16(8-10-17)15-20-11-13-21(14-12-20)18-5-3-1-2-4-6-18/h1-5,7-10H,6,11-15H2. The second kappa shape index (κ2) is 7.10. The quantitative estimate of drug-likeness (QED) is 0.818. The van der Waals surface area contributed by atoms with E-state index in [1.54, 1.807) is 0 Å². The summed E-state index contributed by atoms with van der Waals surface area (Å²) in [4.78, 5) is 5.07. The SMILES string of the molecule is Brc1ccc(CN2CCN(C3=CC=CC=CC3)CC2)cc1. The maximum atomic E-state index is 3.49. The molecule has 0 radical (unpaired) electrons. The van der Waals surface area contributed by atoms with E-state index in [0.29, 0.717) is 0 Å². The predicted octanol–water partition coefficient (Wildman–Crippen LogP) is 3.97. The van der Waals surface area contributed by atoms with Crippen LogP contribution < -0.4 is 0 Å². The van der Waals surface area contributed by atoms with Crippen LogP contribution >= 0.6 is 15.9 Å².